The first-order valence-corrected chi connectivity index (χ1v) is 8.37. The van der Waals surface area contributed by atoms with Crippen LogP contribution in [0.3, 0.4) is 0 Å². The van der Waals surface area contributed by atoms with Gasteiger partial charge in [-0.15, -0.1) is 16.4 Å². The van der Waals surface area contributed by atoms with E-state index in [2.05, 4.69) is 10.1 Å². The van der Waals surface area contributed by atoms with Crippen LogP contribution in [0, 0.1) is 6.92 Å². The number of hydrogen-bond acceptors (Lipinski definition) is 3. The number of benzene rings is 1. The van der Waals surface area contributed by atoms with Gasteiger partial charge in [0.2, 0.25) is 0 Å². The molecular formula is C17H13F3N4S. The second-order valence-corrected chi connectivity index (χ2v) is 6.69. The minimum absolute atomic E-state index is 0.186. The lowest BCUT2D eigenvalue weighted by Crippen LogP contribution is -2.08. The minimum Gasteiger partial charge on any atom is -0.350 e. The molecule has 8 heteroatoms. The molecular weight excluding hydrogens is 349 g/mol. The van der Waals surface area contributed by atoms with E-state index < -0.39 is 12.0 Å². The predicted octanol–water partition coefficient (Wildman–Crippen LogP) is 4.81. The molecule has 0 N–H and O–H groups in total. The van der Waals surface area contributed by atoms with E-state index in [0.29, 0.717) is 10.6 Å². The molecule has 0 spiro atoms. The number of fused-ring (bicyclic) bond motifs is 1. The maximum atomic E-state index is 13.2. The Labute approximate surface area is 145 Å². The van der Waals surface area contributed by atoms with Crippen molar-refractivity contribution in [1.29, 1.82) is 0 Å². The molecule has 25 heavy (non-hydrogen) atoms. The van der Waals surface area contributed by atoms with Crippen LogP contribution in [-0.4, -0.2) is 19.3 Å². The molecule has 3 aromatic heterocycles. The van der Waals surface area contributed by atoms with Crippen molar-refractivity contribution in [3.63, 3.8) is 0 Å². The van der Waals surface area contributed by atoms with Gasteiger partial charge in [0, 0.05) is 29.7 Å². The molecule has 0 aliphatic heterocycles. The highest BCUT2D eigenvalue weighted by atomic mass is 32.1. The number of aryl methyl sites for hydroxylation is 2. The van der Waals surface area contributed by atoms with Gasteiger partial charge in [0.15, 0.2) is 5.82 Å². The minimum atomic E-state index is -4.60. The highest BCUT2D eigenvalue weighted by Gasteiger charge is 2.38. The number of alkyl halides is 3. The SMILES string of the molecule is Cc1csc(-n2nc(C(F)(F)F)nc2-c2cn(C)c3ccccc23)c1. The molecule has 4 rings (SSSR count). The van der Waals surface area contributed by atoms with Gasteiger partial charge < -0.3 is 4.57 Å². The molecule has 0 amide bonds. The van der Waals surface area contributed by atoms with Crippen molar-refractivity contribution in [3.05, 3.63) is 53.3 Å². The van der Waals surface area contributed by atoms with Gasteiger partial charge in [-0.3, -0.25) is 0 Å². The third-order valence-corrected chi connectivity index (χ3v) is 4.95. The number of nitrogens with zero attached hydrogens (tertiary/aromatic N) is 4. The van der Waals surface area contributed by atoms with Gasteiger partial charge in [-0.25, -0.2) is 9.67 Å². The molecule has 3 heterocycles. The van der Waals surface area contributed by atoms with Crippen molar-refractivity contribution in [1.82, 2.24) is 19.3 Å². The van der Waals surface area contributed by atoms with Crippen LogP contribution >= 0.6 is 11.3 Å². The molecule has 4 aromatic rings. The van der Waals surface area contributed by atoms with Gasteiger partial charge in [-0.1, -0.05) is 18.2 Å². The Morgan fingerprint density at radius 2 is 1.92 bits per heavy atom. The zero-order chi connectivity index (χ0) is 17.8. The van der Waals surface area contributed by atoms with E-state index in [1.165, 1.54) is 16.0 Å². The summed E-state index contributed by atoms with van der Waals surface area (Å²) in [6, 6.07) is 9.33. The van der Waals surface area contributed by atoms with Crippen LogP contribution in [0.25, 0.3) is 27.3 Å². The van der Waals surface area contributed by atoms with Crippen LogP contribution in [0.2, 0.25) is 0 Å². The van der Waals surface area contributed by atoms with Crippen LogP contribution in [-0.2, 0) is 13.2 Å². The predicted molar refractivity (Wildman–Crippen MR) is 90.9 cm³/mol. The van der Waals surface area contributed by atoms with E-state index in [-0.39, 0.29) is 5.82 Å². The molecule has 0 fully saturated rings. The third-order valence-electron chi connectivity index (χ3n) is 3.92. The van der Waals surface area contributed by atoms with E-state index in [9.17, 15) is 13.2 Å². The van der Waals surface area contributed by atoms with Gasteiger partial charge in [-0.2, -0.15) is 13.2 Å². The first kappa shape index (κ1) is 15.9. The average Bonchev–Trinajstić information content (AvgIpc) is 3.24. The fourth-order valence-corrected chi connectivity index (χ4v) is 3.66. The number of para-hydroxylation sites is 1. The summed E-state index contributed by atoms with van der Waals surface area (Å²) in [6.45, 7) is 1.89. The monoisotopic (exact) mass is 362 g/mol. The molecule has 0 atom stereocenters. The summed E-state index contributed by atoms with van der Waals surface area (Å²) < 4.78 is 42.7. The van der Waals surface area contributed by atoms with Crippen molar-refractivity contribution < 1.29 is 13.2 Å². The maximum absolute atomic E-state index is 13.2. The van der Waals surface area contributed by atoms with E-state index in [1.807, 2.05) is 48.2 Å². The fraction of sp³-hybridized carbons (Fsp3) is 0.176. The molecule has 0 radical (unpaired) electrons. The lowest BCUT2D eigenvalue weighted by Gasteiger charge is -2.02. The third kappa shape index (κ3) is 2.62. The molecule has 0 bridgehead atoms. The average molecular weight is 362 g/mol. The number of halogens is 3. The second kappa shape index (κ2) is 5.45. The summed E-state index contributed by atoms with van der Waals surface area (Å²) in [5.74, 6) is -0.951. The summed E-state index contributed by atoms with van der Waals surface area (Å²) in [7, 11) is 1.85. The smallest absolute Gasteiger partial charge is 0.350 e. The van der Waals surface area contributed by atoms with Crippen LogP contribution in [0.4, 0.5) is 13.2 Å². The normalized spacial score (nSPS) is 12.2. The summed E-state index contributed by atoms with van der Waals surface area (Å²) in [6.07, 6.45) is -2.82. The van der Waals surface area contributed by atoms with Crippen molar-refractivity contribution >= 4 is 22.2 Å². The molecule has 4 nitrogen and oxygen atoms in total. The van der Waals surface area contributed by atoms with E-state index >= 15 is 0 Å². The van der Waals surface area contributed by atoms with Crippen molar-refractivity contribution in [2.45, 2.75) is 13.1 Å². The molecule has 0 saturated carbocycles. The Bertz CT molecular complexity index is 1070. The first-order valence-electron chi connectivity index (χ1n) is 7.49. The zero-order valence-corrected chi connectivity index (χ0v) is 14.2. The van der Waals surface area contributed by atoms with Gasteiger partial charge in [0.25, 0.3) is 5.82 Å². The molecule has 0 unspecified atom stereocenters. The van der Waals surface area contributed by atoms with Crippen molar-refractivity contribution in [2.75, 3.05) is 0 Å². The van der Waals surface area contributed by atoms with E-state index in [1.54, 1.807) is 12.3 Å². The van der Waals surface area contributed by atoms with Gasteiger partial charge in [0.05, 0.1) is 0 Å². The topological polar surface area (TPSA) is 35.6 Å². The summed E-state index contributed by atoms with van der Waals surface area (Å²) in [5, 5.41) is 7.05. The van der Waals surface area contributed by atoms with Crippen molar-refractivity contribution in [2.24, 2.45) is 7.05 Å². The molecule has 0 aliphatic carbocycles. The summed E-state index contributed by atoms with van der Waals surface area (Å²) in [5.41, 5.74) is 2.50. The number of thiophene rings is 1. The number of rotatable bonds is 2. The quantitative estimate of drug-likeness (QED) is 0.513. The van der Waals surface area contributed by atoms with E-state index in [0.717, 1.165) is 16.5 Å². The zero-order valence-electron chi connectivity index (χ0n) is 13.4. The standard InChI is InChI=1S/C17H13F3N4S/c1-10-7-14(25-9-10)24-15(21-16(22-24)17(18,19)20)12-8-23(2)13-6-4-3-5-11(12)13/h3-9H,1-2H3. The Morgan fingerprint density at radius 1 is 1.16 bits per heavy atom. The molecule has 1 aromatic carbocycles. The van der Waals surface area contributed by atoms with Crippen LogP contribution in [0.15, 0.2) is 41.9 Å². The number of hydrogen-bond donors (Lipinski definition) is 0. The van der Waals surface area contributed by atoms with Crippen LogP contribution < -0.4 is 0 Å². The summed E-state index contributed by atoms with van der Waals surface area (Å²) >= 11 is 1.33. The van der Waals surface area contributed by atoms with Crippen molar-refractivity contribution in [3.8, 4) is 16.4 Å². The van der Waals surface area contributed by atoms with Gasteiger partial charge in [-0.05, 0) is 30.0 Å². The Balaban J connectivity index is 2.01. The Hall–Kier alpha value is -2.61. The van der Waals surface area contributed by atoms with Crippen LogP contribution in [0.5, 0.6) is 0 Å². The molecule has 128 valence electrons. The fourth-order valence-electron chi connectivity index (χ4n) is 2.81. The van der Waals surface area contributed by atoms with Gasteiger partial charge in [0.1, 0.15) is 5.00 Å². The Kier molecular flexibility index (Phi) is 3.47. The number of aromatic nitrogens is 4. The largest absolute Gasteiger partial charge is 0.453 e. The van der Waals surface area contributed by atoms with E-state index in [4.69, 9.17) is 0 Å². The molecule has 0 saturated heterocycles. The lowest BCUT2D eigenvalue weighted by atomic mass is 10.1. The lowest BCUT2D eigenvalue weighted by molar-refractivity contribution is -0.144. The summed E-state index contributed by atoms with van der Waals surface area (Å²) in [4.78, 5) is 3.82. The highest BCUT2D eigenvalue weighted by molar-refractivity contribution is 7.12. The maximum Gasteiger partial charge on any atom is 0.453 e. The Morgan fingerprint density at radius 3 is 2.60 bits per heavy atom. The highest BCUT2D eigenvalue weighted by Crippen LogP contribution is 2.35. The first-order chi connectivity index (χ1) is 11.8. The molecule has 0 aliphatic rings. The van der Waals surface area contributed by atoms with Gasteiger partial charge >= 0.3 is 6.18 Å². The second-order valence-electron chi connectivity index (χ2n) is 5.80. The van der Waals surface area contributed by atoms with Crippen LogP contribution in [0.1, 0.15) is 11.4 Å².